The lowest BCUT2D eigenvalue weighted by molar-refractivity contribution is -0.101. The van der Waals surface area contributed by atoms with Gasteiger partial charge in [0.25, 0.3) is 0 Å². The molecule has 4 atom stereocenters. The Morgan fingerprint density at radius 1 is 0.862 bits per heavy atom. The molecule has 1 heterocycles. The molecule has 0 spiro atoms. The summed E-state index contributed by atoms with van der Waals surface area (Å²) in [6.07, 6.45) is 19.4. The zero-order valence-corrected chi connectivity index (χ0v) is 18.6. The van der Waals surface area contributed by atoms with E-state index in [1.807, 2.05) is 0 Å². The van der Waals surface area contributed by atoms with Gasteiger partial charge in [0.1, 0.15) is 24.4 Å². The fourth-order valence-electron chi connectivity index (χ4n) is 3.78. The summed E-state index contributed by atoms with van der Waals surface area (Å²) in [6.45, 7) is 2.69. The Labute approximate surface area is 178 Å². The first kappa shape index (κ1) is 26.6. The van der Waals surface area contributed by atoms with E-state index in [-0.39, 0.29) is 13.2 Å². The third kappa shape index (κ3) is 12.7. The van der Waals surface area contributed by atoms with Crippen LogP contribution in [0.5, 0.6) is 0 Å². The van der Waals surface area contributed by atoms with E-state index >= 15 is 0 Å². The summed E-state index contributed by atoms with van der Waals surface area (Å²) in [5, 5.41) is 28.8. The Balaban J connectivity index is 1.83. The molecule has 0 aromatic heterocycles. The minimum absolute atomic E-state index is 0.0990. The van der Waals surface area contributed by atoms with Gasteiger partial charge in [-0.25, -0.2) is 0 Å². The second-order valence-electron chi connectivity index (χ2n) is 8.39. The van der Waals surface area contributed by atoms with E-state index < -0.39 is 24.4 Å². The van der Waals surface area contributed by atoms with Gasteiger partial charge in [-0.3, -0.25) is 0 Å². The summed E-state index contributed by atoms with van der Waals surface area (Å²) in [4.78, 5) is 0. The summed E-state index contributed by atoms with van der Waals surface area (Å²) in [7, 11) is 0. The summed E-state index contributed by atoms with van der Waals surface area (Å²) < 4.78 is 11.0. The molecule has 1 rings (SSSR count). The standard InChI is InChI=1S/C24H46O5/c1-2-3-4-5-6-7-8-9-10-11-12-13-14-15-16-17-18-28-22(19-25)24-23(27)21(26)20-29-24/h5-6,21-27H,2-4,7-20H2,1H3/b6-5+/t21-,22+,23+,24+/m1/s1. The fourth-order valence-corrected chi connectivity index (χ4v) is 3.78. The lowest BCUT2D eigenvalue weighted by atomic mass is 10.1. The van der Waals surface area contributed by atoms with Crippen molar-refractivity contribution in [3.05, 3.63) is 12.2 Å². The SMILES string of the molecule is CCCC/C=C/CCCCCCCCCCCCO[C@@H](CO)[C@@H]1OC[C@@H](O)[C@@H]1O. The average Bonchev–Trinajstić information content (AvgIpc) is 3.06. The number of allylic oxidation sites excluding steroid dienone is 2. The van der Waals surface area contributed by atoms with Crippen molar-refractivity contribution in [1.29, 1.82) is 0 Å². The number of unbranched alkanes of at least 4 members (excludes halogenated alkanes) is 12. The van der Waals surface area contributed by atoms with Crippen molar-refractivity contribution >= 4 is 0 Å². The number of aliphatic hydroxyl groups is 3. The van der Waals surface area contributed by atoms with E-state index in [4.69, 9.17) is 9.47 Å². The Morgan fingerprint density at radius 2 is 1.41 bits per heavy atom. The first-order valence-electron chi connectivity index (χ1n) is 12.1. The second kappa shape index (κ2) is 18.3. The Morgan fingerprint density at radius 3 is 1.93 bits per heavy atom. The maximum absolute atomic E-state index is 9.83. The molecule has 5 nitrogen and oxygen atoms in total. The number of aliphatic hydroxyl groups excluding tert-OH is 3. The monoisotopic (exact) mass is 414 g/mol. The van der Waals surface area contributed by atoms with Crippen molar-refractivity contribution in [2.24, 2.45) is 0 Å². The molecule has 1 saturated heterocycles. The normalized spacial score (nSPS) is 23.2. The third-order valence-corrected chi connectivity index (χ3v) is 5.72. The molecular weight excluding hydrogens is 368 g/mol. The van der Waals surface area contributed by atoms with Crippen molar-refractivity contribution in [2.75, 3.05) is 19.8 Å². The van der Waals surface area contributed by atoms with Crippen LogP contribution in [0.3, 0.4) is 0 Å². The molecule has 1 aliphatic heterocycles. The molecule has 0 aromatic rings. The van der Waals surface area contributed by atoms with Crippen LogP contribution in [0, 0.1) is 0 Å². The van der Waals surface area contributed by atoms with E-state index in [0.717, 1.165) is 12.8 Å². The van der Waals surface area contributed by atoms with Crippen LogP contribution in [0.1, 0.15) is 96.8 Å². The van der Waals surface area contributed by atoms with E-state index in [1.54, 1.807) is 0 Å². The number of hydrogen-bond donors (Lipinski definition) is 3. The summed E-state index contributed by atoms with van der Waals surface area (Å²) >= 11 is 0. The smallest absolute Gasteiger partial charge is 0.114 e. The molecule has 1 fully saturated rings. The molecule has 0 aliphatic carbocycles. The fraction of sp³-hybridized carbons (Fsp3) is 0.917. The van der Waals surface area contributed by atoms with Crippen molar-refractivity contribution in [3.8, 4) is 0 Å². The van der Waals surface area contributed by atoms with Crippen LogP contribution in [-0.2, 0) is 9.47 Å². The Bertz CT molecular complexity index is 387. The zero-order valence-electron chi connectivity index (χ0n) is 18.6. The van der Waals surface area contributed by atoms with E-state index in [1.165, 1.54) is 77.0 Å². The highest BCUT2D eigenvalue weighted by Gasteiger charge is 2.40. The average molecular weight is 415 g/mol. The van der Waals surface area contributed by atoms with Crippen LogP contribution in [0.15, 0.2) is 12.2 Å². The maximum atomic E-state index is 9.83. The van der Waals surface area contributed by atoms with E-state index in [2.05, 4.69) is 19.1 Å². The van der Waals surface area contributed by atoms with Crippen molar-refractivity contribution < 1.29 is 24.8 Å². The van der Waals surface area contributed by atoms with Crippen LogP contribution in [0.4, 0.5) is 0 Å². The van der Waals surface area contributed by atoms with Crippen LogP contribution in [-0.4, -0.2) is 59.6 Å². The topological polar surface area (TPSA) is 79.2 Å². The van der Waals surface area contributed by atoms with Crippen molar-refractivity contribution in [3.63, 3.8) is 0 Å². The first-order chi connectivity index (χ1) is 14.2. The van der Waals surface area contributed by atoms with Gasteiger partial charge in [-0.1, -0.05) is 83.3 Å². The van der Waals surface area contributed by atoms with Crippen molar-refractivity contribution in [2.45, 2.75) is 121 Å². The molecule has 0 radical (unpaired) electrons. The summed E-state index contributed by atoms with van der Waals surface area (Å²) in [5.74, 6) is 0. The summed E-state index contributed by atoms with van der Waals surface area (Å²) in [5.41, 5.74) is 0. The van der Waals surface area contributed by atoms with Gasteiger partial charge in [0.05, 0.1) is 13.2 Å². The van der Waals surface area contributed by atoms with Crippen LogP contribution >= 0.6 is 0 Å². The Hall–Kier alpha value is -0.460. The first-order valence-corrected chi connectivity index (χ1v) is 12.1. The number of rotatable bonds is 19. The van der Waals surface area contributed by atoms with E-state index in [9.17, 15) is 15.3 Å². The van der Waals surface area contributed by atoms with Gasteiger partial charge in [-0.15, -0.1) is 0 Å². The molecule has 172 valence electrons. The lowest BCUT2D eigenvalue weighted by Crippen LogP contribution is -2.42. The molecule has 1 aliphatic rings. The third-order valence-electron chi connectivity index (χ3n) is 5.72. The molecule has 0 saturated carbocycles. The molecule has 0 amide bonds. The second-order valence-corrected chi connectivity index (χ2v) is 8.39. The van der Waals surface area contributed by atoms with Crippen LogP contribution < -0.4 is 0 Å². The van der Waals surface area contributed by atoms with Gasteiger partial charge < -0.3 is 24.8 Å². The molecule has 3 N–H and O–H groups in total. The highest BCUT2D eigenvalue weighted by atomic mass is 16.6. The number of ether oxygens (including phenoxy) is 2. The van der Waals surface area contributed by atoms with Gasteiger partial charge >= 0.3 is 0 Å². The maximum Gasteiger partial charge on any atom is 0.114 e. The van der Waals surface area contributed by atoms with E-state index in [0.29, 0.717) is 6.61 Å². The van der Waals surface area contributed by atoms with Gasteiger partial charge in [-0.2, -0.15) is 0 Å². The molecule has 0 unspecified atom stereocenters. The highest BCUT2D eigenvalue weighted by Crippen LogP contribution is 2.20. The largest absolute Gasteiger partial charge is 0.394 e. The molecule has 0 aromatic carbocycles. The minimum atomic E-state index is -0.977. The quantitative estimate of drug-likeness (QED) is 0.214. The van der Waals surface area contributed by atoms with Gasteiger partial charge in [0, 0.05) is 6.61 Å². The van der Waals surface area contributed by atoms with Gasteiger partial charge in [0.15, 0.2) is 0 Å². The van der Waals surface area contributed by atoms with Gasteiger partial charge in [-0.05, 0) is 25.7 Å². The molecule has 29 heavy (non-hydrogen) atoms. The van der Waals surface area contributed by atoms with Crippen LogP contribution in [0.2, 0.25) is 0 Å². The molecule has 5 heteroatoms. The van der Waals surface area contributed by atoms with Gasteiger partial charge in [0.2, 0.25) is 0 Å². The van der Waals surface area contributed by atoms with Crippen LogP contribution in [0.25, 0.3) is 0 Å². The lowest BCUT2D eigenvalue weighted by Gasteiger charge is -2.24. The predicted octanol–water partition coefficient (Wildman–Crippen LogP) is 4.52. The number of hydrogen-bond acceptors (Lipinski definition) is 5. The predicted molar refractivity (Wildman–Crippen MR) is 118 cm³/mol. The Kier molecular flexibility index (Phi) is 16.8. The molecular formula is C24H46O5. The van der Waals surface area contributed by atoms with Crippen molar-refractivity contribution in [1.82, 2.24) is 0 Å². The minimum Gasteiger partial charge on any atom is -0.394 e. The molecule has 0 bridgehead atoms. The zero-order chi connectivity index (χ0) is 21.2. The highest BCUT2D eigenvalue weighted by molar-refractivity contribution is 4.88. The summed E-state index contributed by atoms with van der Waals surface area (Å²) in [6, 6.07) is 0.